The van der Waals surface area contributed by atoms with Crippen molar-refractivity contribution < 1.29 is 0 Å². The van der Waals surface area contributed by atoms with E-state index < -0.39 is 8.07 Å². The van der Waals surface area contributed by atoms with Crippen molar-refractivity contribution in [3.63, 3.8) is 0 Å². The first kappa shape index (κ1) is 12.4. The van der Waals surface area contributed by atoms with Crippen LogP contribution in [-0.4, -0.2) is 13.4 Å². The monoisotopic (exact) mass is 248 g/mol. The molecule has 2 heteroatoms. The minimum atomic E-state index is -1.03. The average molecular weight is 249 g/mol. The van der Waals surface area contributed by atoms with Gasteiger partial charge in [0.15, 0.2) is 0 Å². The van der Waals surface area contributed by atoms with Crippen LogP contribution in [0.2, 0.25) is 18.1 Å². The van der Waals surface area contributed by atoms with Crippen molar-refractivity contribution in [3.8, 4) is 0 Å². The lowest BCUT2D eigenvalue weighted by Gasteiger charge is -2.30. The lowest BCUT2D eigenvalue weighted by Crippen LogP contribution is -2.35. The third-order valence-electron chi connectivity index (χ3n) is 3.20. The number of alkyl halides is 1. The third-order valence-corrected chi connectivity index (χ3v) is 10.2. The van der Waals surface area contributed by atoms with Crippen molar-refractivity contribution in [2.45, 2.75) is 45.8 Å². The normalized spacial score (nSPS) is 13.6. The molecule has 0 saturated carbocycles. The van der Waals surface area contributed by atoms with E-state index in [1.807, 2.05) is 0 Å². The van der Waals surface area contributed by atoms with E-state index in [2.05, 4.69) is 49.7 Å². The van der Waals surface area contributed by atoms with Gasteiger partial charge in [0, 0.05) is 5.33 Å². The van der Waals surface area contributed by atoms with Gasteiger partial charge < -0.3 is 0 Å². The second-order valence-electron chi connectivity index (χ2n) is 3.29. The van der Waals surface area contributed by atoms with Gasteiger partial charge >= 0.3 is 0 Å². The molecule has 0 heterocycles. The molecule has 0 N–H and O–H groups in total. The third kappa shape index (κ3) is 2.46. The van der Waals surface area contributed by atoms with Gasteiger partial charge in [-0.25, -0.2) is 0 Å². The summed E-state index contributed by atoms with van der Waals surface area (Å²) in [6.07, 6.45) is 2.33. The second-order valence-corrected chi connectivity index (χ2v) is 9.17. The van der Waals surface area contributed by atoms with Crippen LogP contribution in [0.3, 0.4) is 0 Å². The standard InChI is InChI=1S/C10H21BrSi/c1-5-10(9-11)12(6-2,7-3)8-4/h5H,6-9H2,1-4H3/b10-5+. The van der Waals surface area contributed by atoms with E-state index in [1.54, 1.807) is 5.20 Å². The minimum absolute atomic E-state index is 1.03. The second kappa shape index (κ2) is 5.98. The Kier molecular flexibility index (Phi) is 6.19. The summed E-state index contributed by atoms with van der Waals surface area (Å²) in [6, 6.07) is 4.18. The van der Waals surface area contributed by atoms with Crippen molar-refractivity contribution in [2.24, 2.45) is 0 Å². The molecule has 72 valence electrons. The molecule has 0 atom stereocenters. The zero-order valence-corrected chi connectivity index (χ0v) is 11.4. The molecule has 0 fully saturated rings. The van der Waals surface area contributed by atoms with Crippen LogP contribution in [0.15, 0.2) is 11.3 Å². The zero-order chi connectivity index (χ0) is 9.61. The van der Waals surface area contributed by atoms with Crippen LogP contribution in [-0.2, 0) is 0 Å². The van der Waals surface area contributed by atoms with Crippen molar-refractivity contribution in [1.82, 2.24) is 0 Å². The highest BCUT2D eigenvalue weighted by Crippen LogP contribution is 2.29. The van der Waals surface area contributed by atoms with E-state index in [9.17, 15) is 0 Å². The fourth-order valence-corrected chi connectivity index (χ4v) is 7.82. The van der Waals surface area contributed by atoms with Gasteiger partial charge in [0.05, 0.1) is 8.07 Å². The number of rotatable bonds is 5. The summed E-state index contributed by atoms with van der Waals surface area (Å²) < 4.78 is 0. The summed E-state index contributed by atoms with van der Waals surface area (Å²) in [6.45, 7) is 9.24. The van der Waals surface area contributed by atoms with E-state index in [-0.39, 0.29) is 0 Å². The Hall–Kier alpha value is 0.437. The molecule has 0 rings (SSSR count). The fraction of sp³-hybridized carbons (Fsp3) is 0.800. The van der Waals surface area contributed by atoms with Gasteiger partial charge in [0.1, 0.15) is 0 Å². The van der Waals surface area contributed by atoms with E-state index in [0.717, 1.165) is 5.33 Å². The van der Waals surface area contributed by atoms with E-state index in [1.165, 1.54) is 18.1 Å². The highest BCUT2D eigenvalue weighted by molar-refractivity contribution is 9.09. The predicted molar refractivity (Wildman–Crippen MR) is 64.7 cm³/mol. The highest BCUT2D eigenvalue weighted by atomic mass is 79.9. The van der Waals surface area contributed by atoms with Crippen LogP contribution in [0.1, 0.15) is 27.7 Å². The van der Waals surface area contributed by atoms with E-state index in [4.69, 9.17) is 0 Å². The van der Waals surface area contributed by atoms with Gasteiger partial charge in [0.25, 0.3) is 0 Å². The van der Waals surface area contributed by atoms with Crippen LogP contribution in [0.4, 0.5) is 0 Å². The first-order valence-corrected chi connectivity index (χ1v) is 8.66. The Morgan fingerprint density at radius 3 is 1.67 bits per heavy atom. The van der Waals surface area contributed by atoms with Gasteiger partial charge in [-0.2, -0.15) is 0 Å². The summed E-state index contributed by atoms with van der Waals surface area (Å²) >= 11 is 3.60. The van der Waals surface area contributed by atoms with Crippen molar-refractivity contribution in [1.29, 1.82) is 0 Å². The molecule has 0 aliphatic heterocycles. The lowest BCUT2D eigenvalue weighted by atomic mass is 10.6. The molecule has 0 aromatic rings. The molecule has 0 radical (unpaired) electrons. The molecule has 12 heavy (non-hydrogen) atoms. The van der Waals surface area contributed by atoms with Crippen LogP contribution in [0.5, 0.6) is 0 Å². The molecule has 0 aromatic heterocycles. The molecule has 0 aromatic carbocycles. The maximum absolute atomic E-state index is 3.60. The Balaban J connectivity index is 4.68. The lowest BCUT2D eigenvalue weighted by molar-refractivity contribution is 1.17. The molecule has 0 spiro atoms. The molecular weight excluding hydrogens is 228 g/mol. The zero-order valence-electron chi connectivity index (χ0n) is 8.78. The number of allylic oxidation sites excluding steroid dienone is 2. The summed E-state index contributed by atoms with van der Waals surface area (Å²) in [7, 11) is -1.03. The Labute approximate surface area is 86.6 Å². The minimum Gasteiger partial charge on any atom is -0.0914 e. The molecule has 0 amide bonds. The van der Waals surface area contributed by atoms with Crippen molar-refractivity contribution in [2.75, 3.05) is 5.33 Å². The maximum atomic E-state index is 3.60. The molecule has 0 saturated heterocycles. The highest BCUT2D eigenvalue weighted by Gasteiger charge is 2.29. The topological polar surface area (TPSA) is 0 Å². The number of hydrogen-bond acceptors (Lipinski definition) is 0. The molecular formula is C10H21BrSi. The first-order chi connectivity index (χ1) is 5.70. The van der Waals surface area contributed by atoms with Gasteiger partial charge in [-0.3, -0.25) is 0 Å². The SMILES string of the molecule is C/C=C(\CBr)[Si](CC)(CC)CC. The number of hydrogen-bond donors (Lipinski definition) is 0. The quantitative estimate of drug-likeness (QED) is 0.501. The fourth-order valence-electron chi connectivity index (χ4n) is 1.96. The summed E-state index contributed by atoms with van der Waals surface area (Å²) in [5.74, 6) is 0. The molecule has 0 aliphatic carbocycles. The molecule has 0 nitrogen and oxygen atoms in total. The predicted octanol–water partition coefficient (Wildman–Crippen LogP) is 4.38. The van der Waals surface area contributed by atoms with E-state index in [0.29, 0.717) is 0 Å². The Bertz CT molecular complexity index is 140. The Morgan fingerprint density at radius 2 is 1.58 bits per heavy atom. The van der Waals surface area contributed by atoms with Crippen molar-refractivity contribution >= 4 is 24.0 Å². The van der Waals surface area contributed by atoms with Gasteiger partial charge in [0.2, 0.25) is 0 Å². The van der Waals surface area contributed by atoms with Crippen LogP contribution < -0.4 is 0 Å². The van der Waals surface area contributed by atoms with Gasteiger partial charge in [-0.1, -0.05) is 66.1 Å². The number of halogens is 1. The smallest absolute Gasteiger partial charge is 0.0814 e. The summed E-state index contributed by atoms with van der Waals surface area (Å²) in [4.78, 5) is 0. The van der Waals surface area contributed by atoms with E-state index >= 15 is 0 Å². The van der Waals surface area contributed by atoms with Crippen LogP contribution in [0.25, 0.3) is 0 Å². The Morgan fingerprint density at radius 1 is 1.17 bits per heavy atom. The van der Waals surface area contributed by atoms with Crippen LogP contribution in [0, 0.1) is 0 Å². The summed E-state index contributed by atoms with van der Waals surface area (Å²) in [5, 5.41) is 2.79. The summed E-state index contributed by atoms with van der Waals surface area (Å²) in [5.41, 5.74) is 0. The van der Waals surface area contributed by atoms with Gasteiger partial charge in [-0.15, -0.1) is 0 Å². The molecule has 0 aliphatic rings. The molecule has 0 unspecified atom stereocenters. The largest absolute Gasteiger partial charge is 0.0914 e. The van der Waals surface area contributed by atoms with Crippen molar-refractivity contribution in [3.05, 3.63) is 11.3 Å². The average Bonchev–Trinajstić information content (AvgIpc) is 2.14. The maximum Gasteiger partial charge on any atom is 0.0814 e. The van der Waals surface area contributed by atoms with Gasteiger partial charge in [-0.05, 0) is 6.92 Å². The molecule has 0 bridgehead atoms. The first-order valence-electron chi connectivity index (χ1n) is 4.92. The van der Waals surface area contributed by atoms with Crippen LogP contribution >= 0.6 is 15.9 Å².